The molecule has 1 atom stereocenters. The minimum Gasteiger partial charge on any atom is -0.347 e. The quantitative estimate of drug-likeness (QED) is 0.182. The summed E-state index contributed by atoms with van der Waals surface area (Å²) in [4.78, 5) is 25.4. The van der Waals surface area contributed by atoms with Gasteiger partial charge in [-0.15, -0.1) is 0 Å². The molecule has 236 valence electrons. The third-order valence-corrected chi connectivity index (χ3v) is 8.67. The van der Waals surface area contributed by atoms with Gasteiger partial charge in [0.15, 0.2) is 0 Å². The summed E-state index contributed by atoms with van der Waals surface area (Å²) < 4.78 is 41.6. The van der Waals surface area contributed by atoms with E-state index >= 15 is 0 Å². The van der Waals surface area contributed by atoms with Crippen LogP contribution in [0.4, 0.5) is 23.7 Å². The summed E-state index contributed by atoms with van der Waals surface area (Å²) in [5.74, 6) is 0.590. The van der Waals surface area contributed by atoms with E-state index in [0.717, 1.165) is 16.7 Å². The maximum Gasteiger partial charge on any atom is 0.416 e. The standard InChI is InChI=1S/C37H36F3N5O/c1-26-12-15-30(24-33(26)37(38,39)40)34(35-41-20-21-42-35)44-22-18-32(19-23-44)45(36(46)43-31-10-6-3-7-11-31)25-27-13-16-29(17-14-27)28-8-4-2-5-9-28/h2-17,20-21,24,32,34H,18-19,22-23,25H2,1H3,(H,41,42)(H,43,46). The lowest BCUT2D eigenvalue weighted by atomic mass is 9.95. The third kappa shape index (κ3) is 7.15. The molecule has 1 unspecified atom stereocenters. The molecule has 4 aromatic carbocycles. The molecule has 0 radical (unpaired) electrons. The fourth-order valence-electron chi connectivity index (χ4n) is 6.25. The number of nitrogens with zero attached hydrogens (tertiary/aromatic N) is 3. The van der Waals surface area contributed by atoms with Crippen molar-refractivity contribution in [2.75, 3.05) is 18.4 Å². The van der Waals surface area contributed by atoms with Crippen molar-refractivity contribution in [3.05, 3.63) is 144 Å². The lowest BCUT2D eigenvalue weighted by Crippen LogP contribution is -2.49. The smallest absolute Gasteiger partial charge is 0.347 e. The fraction of sp³-hybridized carbons (Fsp3) is 0.243. The van der Waals surface area contributed by atoms with Crippen molar-refractivity contribution in [3.8, 4) is 11.1 Å². The van der Waals surface area contributed by atoms with Crippen LogP contribution in [0.25, 0.3) is 11.1 Å². The number of carbonyl (C=O) groups excluding carboxylic acids is 1. The van der Waals surface area contributed by atoms with Gasteiger partial charge in [0.25, 0.3) is 0 Å². The van der Waals surface area contributed by atoms with Gasteiger partial charge < -0.3 is 15.2 Å². The highest BCUT2D eigenvalue weighted by Gasteiger charge is 2.36. The molecule has 2 heterocycles. The maximum absolute atomic E-state index is 13.9. The van der Waals surface area contributed by atoms with E-state index in [2.05, 4.69) is 56.6 Å². The minimum absolute atomic E-state index is 0.0743. The molecular formula is C37H36F3N5O. The highest BCUT2D eigenvalue weighted by molar-refractivity contribution is 5.89. The Bertz CT molecular complexity index is 1720. The molecular weight excluding hydrogens is 587 g/mol. The van der Waals surface area contributed by atoms with Crippen molar-refractivity contribution < 1.29 is 18.0 Å². The van der Waals surface area contributed by atoms with Gasteiger partial charge in [0, 0.05) is 43.8 Å². The number of anilines is 1. The van der Waals surface area contributed by atoms with Crippen LogP contribution in [0.15, 0.2) is 116 Å². The van der Waals surface area contributed by atoms with Gasteiger partial charge in [-0.05, 0) is 65.8 Å². The minimum atomic E-state index is -4.45. The number of para-hydroxylation sites is 1. The first kappa shape index (κ1) is 31.1. The molecule has 1 aliphatic heterocycles. The van der Waals surface area contributed by atoms with Gasteiger partial charge in [0.2, 0.25) is 0 Å². The Labute approximate surface area is 266 Å². The maximum atomic E-state index is 13.9. The number of aromatic nitrogens is 2. The number of H-pyrrole nitrogens is 1. The highest BCUT2D eigenvalue weighted by Crippen LogP contribution is 2.37. The van der Waals surface area contributed by atoms with Gasteiger partial charge in [-0.2, -0.15) is 13.2 Å². The molecule has 5 aromatic rings. The Kier molecular flexibility index (Phi) is 9.21. The number of alkyl halides is 3. The number of amides is 2. The lowest BCUT2D eigenvalue weighted by Gasteiger charge is -2.41. The van der Waals surface area contributed by atoms with Gasteiger partial charge in [0.05, 0.1) is 11.6 Å². The van der Waals surface area contributed by atoms with Crippen molar-refractivity contribution in [2.45, 2.75) is 44.6 Å². The molecule has 46 heavy (non-hydrogen) atoms. The first-order chi connectivity index (χ1) is 22.3. The Morgan fingerprint density at radius 2 is 1.59 bits per heavy atom. The third-order valence-electron chi connectivity index (χ3n) is 8.67. The lowest BCUT2D eigenvalue weighted by molar-refractivity contribution is -0.138. The molecule has 1 aromatic heterocycles. The SMILES string of the molecule is Cc1ccc(C(c2ncc[nH]2)N2CCC(N(Cc3ccc(-c4ccccc4)cc3)C(=O)Nc3ccccc3)CC2)cc1C(F)(F)F. The molecule has 0 saturated carbocycles. The Morgan fingerprint density at radius 3 is 2.22 bits per heavy atom. The summed E-state index contributed by atoms with van der Waals surface area (Å²) in [6.07, 6.45) is 0.158. The number of urea groups is 1. The Morgan fingerprint density at radius 1 is 0.935 bits per heavy atom. The van der Waals surface area contributed by atoms with E-state index in [1.165, 1.54) is 19.1 Å². The van der Waals surface area contributed by atoms with Crippen molar-refractivity contribution in [3.63, 3.8) is 0 Å². The zero-order chi connectivity index (χ0) is 32.1. The van der Waals surface area contributed by atoms with Crippen LogP contribution in [0.2, 0.25) is 0 Å². The monoisotopic (exact) mass is 623 g/mol. The Balaban J connectivity index is 1.23. The first-order valence-electron chi connectivity index (χ1n) is 15.4. The number of piperidine rings is 1. The number of benzene rings is 4. The summed E-state index contributed by atoms with van der Waals surface area (Å²) in [5, 5.41) is 3.06. The molecule has 1 saturated heterocycles. The van der Waals surface area contributed by atoms with Crippen molar-refractivity contribution >= 4 is 11.7 Å². The number of imidazole rings is 1. The molecule has 1 fully saturated rings. The van der Waals surface area contributed by atoms with Crippen LogP contribution in [0.1, 0.15) is 47.0 Å². The van der Waals surface area contributed by atoms with E-state index in [1.807, 2.05) is 53.4 Å². The number of hydrogen-bond acceptors (Lipinski definition) is 3. The van der Waals surface area contributed by atoms with E-state index in [1.54, 1.807) is 18.5 Å². The summed E-state index contributed by atoms with van der Waals surface area (Å²) in [5.41, 5.74) is 4.03. The predicted octanol–water partition coefficient (Wildman–Crippen LogP) is 8.69. The second-order valence-electron chi connectivity index (χ2n) is 11.7. The van der Waals surface area contributed by atoms with E-state index < -0.39 is 17.8 Å². The van der Waals surface area contributed by atoms with E-state index in [9.17, 15) is 18.0 Å². The zero-order valence-electron chi connectivity index (χ0n) is 25.5. The largest absolute Gasteiger partial charge is 0.416 e. The summed E-state index contributed by atoms with van der Waals surface area (Å²) >= 11 is 0. The summed E-state index contributed by atoms with van der Waals surface area (Å²) in [7, 11) is 0. The van der Waals surface area contributed by atoms with Crippen LogP contribution in [-0.2, 0) is 12.7 Å². The van der Waals surface area contributed by atoms with Crippen LogP contribution in [0.3, 0.4) is 0 Å². The molecule has 1 aliphatic rings. The van der Waals surface area contributed by atoms with Gasteiger partial charge in [-0.3, -0.25) is 4.90 Å². The topological polar surface area (TPSA) is 64.3 Å². The average Bonchev–Trinajstić information content (AvgIpc) is 3.60. The van der Waals surface area contributed by atoms with E-state index in [4.69, 9.17) is 0 Å². The zero-order valence-corrected chi connectivity index (χ0v) is 25.5. The van der Waals surface area contributed by atoms with E-state index in [0.29, 0.717) is 49.6 Å². The first-order valence-corrected chi connectivity index (χ1v) is 15.4. The van der Waals surface area contributed by atoms with Gasteiger partial charge >= 0.3 is 12.2 Å². The number of aryl methyl sites for hydroxylation is 1. The molecule has 0 aliphatic carbocycles. The number of nitrogens with one attached hydrogen (secondary N) is 2. The number of rotatable bonds is 8. The summed E-state index contributed by atoms with van der Waals surface area (Å²) in [6.45, 7) is 3.05. The fourth-order valence-corrected chi connectivity index (χ4v) is 6.25. The van der Waals surface area contributed by atoms with Crippen molar-refractivity contribution in [1.82, 2.24) is 19.8 Å². The Hall–Kier alpha value is -4.89. The molecule has 2 N–H and O–H groups in total. The average molecular weight is 624 g/mol. The van der Waals surface area contributed by atoms with Crippen LogP contribution < -0.4 is 5.32 Å². The van der Waals surface area contributed by atoms with Gasteiger partial charge in [0.1, 0.15) is 5.82 Å². The van der Waals surface area contributed by atoms with Crippen LogP contribution in [0, 0.1) is 6.92 Å². The van der Waals surface area contributed by atoms with Crippen molar-refractivity contribution in [1.29, 1.82) is 0 Å². The predicted molar refractivity (Wildman–Crippen MR) is 174 cm³/mol. The van der Waals surface area contributed by atoms with Gasteiger partial charge in [-0.1, -0.05) is 84.9 Å². The van der Waals surface area contributed by atoms with Crippen LogP contribution >= 0.6 is 0 Å². The molecule has 2 amide bonds. The number of aromatic amines is 1. The number of carbonyl (C=O) groups is 1. The normalized spacial score (nSPS) is 15.0. The number of halogens is 3. The molecule has 0 bridgehead atoms. The second-order valence-corrected chi connectivity index (χ2v) is 11.7. The van der Waals surface area contributed by atoms with Crippen LogP contribution in [0.5, 0.6) is 0 Å². The molecule has 6 rings (SSSR count). The van der Waals surface area contributed by atoms with Crippen molar-refractivity contribution in [2.24, 2.45) is 0 Å². The number of hydrogen-bond donors (Lipinski definition) is 2. The molecule has 6 nitrogen and oxygen atoms in total. The summed E-state index contributed by atoms with van der Waals surface area (Å²) in [6, 6.07) is 31.6. The second kappa shape index (κ2) is 13.6. The molecule has 0 spiro atoms. The van der Waals surface area contributed by atoms with Crippen LogP contribution in [-0.4, -0.2) is 44.9 Å². The highest BCUT2D eigenvalue weighted by atomic mass is 19.4. The van der Waals surface area contributed by atoms with Gasteiger partial charge in [-0.25, -0.2) is 9.78 Å². The number of likely N-dealkylation sites (tertiary alicyclic amines) is 1. The van der Waals surface area contributed by atoms with E-state index in [-0.39, 0.29) is 17.6 Å². The molecule has 9 heteroatoms.